The molecular formula is C24H18FN5O. The number of hydrogen-bond donors (Lipinski definition) is 1. The van der Waals surface area contributed by atoms with Crippen molar-refractivity contribution in [3.05, 3.63) is 89.7 Å². The predicted molar refractivity (Wildman–Crippen MR) is 117 cm³/mol. The SMILES string of the molecule is Cc1ccc(-c2nnc(-c3nc(NCc4ccc(F)cc4)c4ccccc4n3)o2)cc1. The molecule has 0 fully saturated rings. The maximum absolute atomic E-state index is 13.2. The van der Waals surface area contributed by atoms with Crippen molar-refractivity contribution >= 4 is 16.7 Å². The highest BCUT2D eigenvalue weighted by Crippen LogP contribution is 2.27. The number of hydrogen-bond acceptors (Lipinski definition) is 6. The van der Waals surface area contributed by atoms with Crippen molar-refractivity contribution in [1.29, 1.82) is 0 Å². The molecule has 0 amide bonds. The molecule has 0 aliphatic rings. The number of benzene rings is 3. The van der Waals surface area contributed by atoms with Gasteiger partial charge in [-0.2, -0.15) is 0 Å². The van der Waals surface area contributed by atoms with E-state index < -0.39 is 0 Å². The van der Waals surface area contributed by atoms with Gasteiger partial charge in [-0.1, -0.05) is 42.0 Å². The van der Waals surface area contributed by atoms with Crippen molar-refractivity contribution in [3.63, 3.8) is 0 Å². The van der Waals surface area contributed by atoms with E-state index in [1.165, 1.54) is 12.1 Å². The summed E-state index contributed by atoms with van der Waals surface area (Å²) in [5.41, 5.74) is 3.67. The molecule has 0 saturated heterocycles. The molecule has 5 aromatic rings. The van der Waals surface area contributed by atoms with Crippen molar-refractivity contribution in [2.24, 2.45) is 0 Å². The van der Waals surface area contributed by atoms with Crippen LogP contribution in [0.1, 0.15) is 11.1 Å². The molecule has 0 aliphatic heterocycles. The summed E-state index contributed by atoms with van der Waals surface area (Å²) >= 11 is 0. The number of para-hydroxylation sites is 1. The van der Waals surface area contributed by atoms with Crippen LogP contribution in [-0.4, -0.2) is 20.2 Å². The van der Waals surface area contributed by atoms with E-state index in [4.69, 9.17) is 4.42 Å². The Bertz CT molecular complexity index is 1350. The normalized spacial score (nSPS) is 11.0. The van der Waals surface area contributed by atoms with Crippen LogP contribution in [0, 0.1) is 12.7 Å². The zero-order valence-electron chi connectivity index (χ0n) is 16.7. The molecule has 0 spiro atoms. The molecular weight excluding hydrogens is 393 g/mol. The third-order valence-corrected chi connectivity index (χ3v) is 4.89. The molecule has 0 radical (unpaired) electrons. The van der Waals surface area contributed by atoms with E-state index in [9.17, 15) is 4.39 Å². The summed E-state index contributed by atoms with van der Waals surface area (Å²) < 4.78 is 19.0. The Balaban J connectivity index is 1.49. The monoisotopic (exact) mass is 411 g/mol. The van der Waals surface area contributed by atoms with Crippen LogP contribution in [0.25, 0.3) is 34.1 Å². The maximum Gasteiger partial charge on any atom is 0.286 e. The third-order valence-electron chi connectivity index (χ3n) is 4.89. The molecule has 0 atom stereocenters. The smallest absolute Gasteiger partial charge is 0.286 e. The van der Waals surface area contributed by atoms with E-state index in [0.29, 0.717) is 24.1 Å². The van der Waals surface area contributed by atoms with E-state index in [2.05, 4.69) is 25.5 Å². The third kappa shape index (κ3) is 3.98. The summed E-state index contributed by atoms with van der Waals surface area (Å²) in [6.07, 6.45) is 0. The minimum atomic E-state index is -0.265. The molecule has 31 heavy (non-hydrogen) atoms. The molecule has 2 heterocycles. The average Bonchev–Trinajstić information content (AvgIpc) is 3.29. The van der Waals surface area contributed by atoms with Crippen LogP contribution in [0.2, 0.25) is 0 Å². The summed E-state index contributed by atoms with van der Waals surface area (Å²) in [5, 5.41) is 12.5. The number of fused-ring (bicyclic) bond motifs is 1. The first-order valence-electron chi connectivity index (χ1n) is 9.82. The first kappa shape index (κ1) is 18.9. The molecule has 0 saturated carbocycles. The zero-order valence-corrected chi connectivity index (χ0v) is 16.7. The number of rotatable bonds is 5. The number of nitrogens with one attached hydrogen (secondary N) is 1. The highest BCUT2D eigenvalue weighted by atomic mass is 19.1. The molecule has 152 valence electrons. The number of anilines is 1. The summed E-state index contributed by atoms with van der Waals surface area (Å²) in [6.45, 7) is 2.51. The molecule has 0 aliphatic carbocycles. The quantitative estimate of drug-likeness (QED) is 0.417. The Kier molecular flexibility index (Phi) is 4.84. The summed E-state index contributed by atoms with van der Waals surface area (Å²) in [4.78, 5) is 9.23. The average molecular weight is 411 g/mol. The number of aromatic nitrogens is 4. The van der Waals surface area contributed by atoms with Gasteiger partial charge >= 0.3 is 0 Å². The van der Waals surface area contributed by atoms with Crippen LogP contribution in [0.5, 0.6) is 0 Å². The minimum Gasteiger partial charge on any atom is -0.413 e. The van der Waals surface area contributed by atoms with Crippen molar-refractivity contribution < 1.29 is 8.81 Å². The largest absolute Gasteiger partial charge is 0.413 e. The van der Waals surface area contributed by atoms with E-state index in [1.807, 2.05) is 55.5 Å². The lowest BCUT2D eigenvalue weighted by Gasteiger charge is -2.10. The summed E-state index contributed by atoms with van der Waals surface area (Å²) in [5.74, 6) is 1.37. The molecule has 5 rings (SSSR count). The van der Waals surface area contributed by atoms with Gasteiger partial charge in [-0.3, -0.25) is 0 Å². The topological polar surface area (TPSA) is 76.7 Å². The first-order chi connectivity index (χ1) is 15.2. The van der Waals surface area contributed by atoms with Crippen molar-refractivity contribution in [2.45, 2.75) is 13.5 Å². The Morgan fingerprint density at radius 2 is 1.58 bits per heavy atom. The second-order valence-corrected chi connectivity index (χ2v) is 7.17. The Morgan fingerprint density at radius 3 is 2.39 bits per heavy atom. The van der Waals surface area contributed by atoms with Gasteiger partial charge in [0, 0.05) is 17.5 Å². The van der Waals surface area contributed by atoms with Gasteiger partial charge < -0.3 is 9.73 Å². The second kappa shape index (κ2) is 7.95. The summed E-state index contributed by atoms with van der Waals surface area (Å²) in [7, 11) is 0. The Hall–Kier alpha value is -4.13. The van der Waals surface area contributed by atoms with Gasteiger partial charge in [-0.25, -0.2) is 14.4 Å². The van der Waals surface area contributed by atoms with Crippen LogP contribution < -0.4 is 5.32 Å². The van der Waals surface area contributed by atoms with Gasteiger partial charge in [0.1, 0.15) is 11.6 Å². The van der Waals surface area contributed by atoms with E-state index in [0.717, 1.165) is 27.6 Å². The molecule has 7 heteroatoms. The lowest BCUT2D eigenvalue weighted by Crippen LogP contribution is -2.04. The molecule has 0 unspecified atom stereocenters. The van der Waals surface area contributed by atoms with Gasteiger partial charge in [0.15, 0.2) is 0 Å². The van der Waals surface area contributed by atoms with Crippen LogP contribution in [0.3, 0.4) is 0 Å². The zero-order chi connectivity index (χ0) is 21.2. The van der Waals surface area contributed by atoms with Crippen LogP contribution in [-0.2, 0) is 6.54 Å². The van der Waals surface area contributed by atoms with E-state index in [-0.39, 0.29) is 11.7 Å². The fourth-order valence-electron chi connectivity index (χ4n) is 3.22. The van der Waals surface area contributed by atoms with Gasteiger partial charge in [0.05, 0.1) is 5.52 Å². The van der Waals surface area contributed by atoms with Gasteiger partial charge in [-0.05, 0) is 48.9 Å². The Morgan fingerprint density at radius 1 is 0.839 bits per heavy atom. The van der Waals surface area contributed by atoms with E-state index >= 15 is 0 Å². The second-order valence-electron chi connectivity index (χ2n) is 7.17. The van der Waals surface area contributed by atoms with Gasteiger partial charge in [-0.15, -0.1) is 10.2 Å². The van der Waals surface area contributed by atoms with Gasteiger partial charge in [0.25, 0.3) is 5.89 Å². The lowest BCUT2D eigenvalue weighted by molar-refractivity contribution is 0.579. The van der Waals surface area contributed by atoms with Crippen LogP contribution in [0.15, 0.2) is 77.2 Å². The van der Waals surface area contributed by atoms with Gasteiger partial charge in [0.2, 0.25) is 11.7 Å². The van der Waals surface area contributed by atoms with Crippen LogP contribution in [0.4, 0.5) is 10.2 Å². The highest BCUT2D eigenvalue weighted by molar-refractivity contribution is 5.90. The lowest BCUT2D eigenvalue weighted by atomic mass is 10.1. The van der Waals surface area contributed by atoms with Crippen molar-refractivity contribution in [1.82, 2.24) is 20.2 Å². The Labute approximate surface area is 177 Å². The number of aryl methyl sites for hydroxylation is 1. The van der Waals surface area contributed by atoms with Crippen LogP contribution >= 0.6 is 0 Å². The molecule has 3 aromatic carbocycles. The fraction of sp³-hybridized carbons (Fsp3) is 0.0833. The number of halogens is 1. The fourth-order valence-corrected chi connectivity index (χ4v) is 3.22. The molecule has 2 aromatic heterocycles. The molecule has 6 nitrogen and oxygen atoms in total. The molecule has 0 bridgehead atoms. The standard InChI is InChI=1S/C24H18FN5O/c1-15-6-10-17(11-7-15)23-29-30-24(31-23)22-27-20-5-3-2-4-19(20)21(28-22)26-14-16-8-12-18(25)13-9-16/h2-13H,14H2,1H3,(H,26,27,28). The van der Waals surface area contributed by atoms with Crippen molar-refractivity contribution in [3.8, 4) is 23.2 Å². The minimum absolute atomic E-state index is 0.242. The summed E-state index contributed by atoms with van der Waals surface area (Å²) in [6, 6.07) is 21.9. The highest BCUT2D eigenvalue weighted by Gasteiger charge is 2.16. The maximum atomic E-state index is 13.2. The van der Waals surface area contributed by atoms with Crippen molar-refractivity contribution in [2.75, 3.05) is 5.32 Å². The van der Waals surface area contributed by atoms with E-state index in [1.54, 1.807) is 12.1 Å². The first-order valence-corrected chi connectivity index (χ1v) is 9.82. The predicted octanol–water partition coefficient (Wildman–Crippen LogP) is 5.41. The molecule has 1 N–H and O–H groups in total. The number of nitrogens with zero attached hydrogens (tertiary/aromatic N) is 4.